The van der Waals surface area contributed by atoms with Gasteiger partial charge in [0.15, 0.2) is 0 Å². The van der Waals surface area contributed by atoms with E-state index >= 15 is 0 Å². The summed E-state index contributed by atoms with van der Waals surface area (Å²) in [4.78, 5) is 11.9. The second-order valence-electron chi connectivity index (χ2n) is 5.03. The predicted molar refractivity (Wildman–Crippen MR) is 72.9 cm³/mol. The number of amides is 1. The van der Waals surface area contributed by atoms with Crippen molar-refractivity contribution in [1.29, 1.82) is 0 Å². The lowest BCUT2D eigenvalue weighted by Gasteiger charge is -2.18. The van der Waals surface area contributed by atoms with E-state index in [0.717, 1.165) is 18.6 Å². The molecule has 1 N–H and O–H groups in total. The second-order valence-corrected chi connectivity index (χ2v) is 5.34. The zero-order valence-electron chi connectivity index (χ0n) is 11.3. The van der Waals surface area contributed by atoms with Gasteiger partial charge in [0.2, 0.25) is 0 Å². The molecule has 0 aliphatic carbocycles. The van der Waals surface area contributed by atoms with Gasteiger partial charge in [-0.1, -0.05) is 13.8 Å². The molecule has 0 radical (unpaired) electrons. The third-order valence-corrected chi connectivity index (χ3v) is 3.12. The molecule has 112 valence electrons. The lowest BCUT2D eigenvalue weighted by Crippen LogP contribution is -2.37. The molecule has 0 saturated carbocycles. The molecule has 1 aromatic rings. The van der Waals surface area contributed by atoms with Gasteiger partial charge >= 0.3 is 6.18 Å². The molecule has 0 bridgehead atoms. The van der Waals surface area contributed by atoms with Gasteiger partial charge in [-0.15, -0.1) is 11.6 Å². The van der Waals surface area contributed by atoms with Crippen molar-refractivity contribution in [2.75, 3.05) is 5.88 Å². The Labute approximate surface area is 121 Å². The van der Waals surface area contributed by atoms with Crippen molar-refractivity contribution in [2.45, 2.75) is 32.5 Å². The maximum absolute atomic E-state index is 12.4. The van der Waals surface area contributed by atoms with Crippen LogP contribution in [0.3, 0.4) is 0 Å². The average molecular weight is 308 g/mol. The molecule has 0 spiro atoms. The van der Waals surface area contributed by atoms with Crippen molar-refractivity contribution >= 4 is 17.5 Å². The topological polar surface area (TPSA) is 29.1 Å². The van der Waals surface area contributed by atoms with E-state index in [0.29, 0.717) is 5.92 Å². The third-order valence-electron chi connectivity index (χ3n) is 2.75. The number of carbonyl (C=O) groups is 1. The number of hydrogen-bond donors (Lipinski definition) is 1. The highest BCUT2D eigenvalue weighted by Crippen LogP contribution is 2.29. The van der Waals surface area contributed by atoms with Crippen molar-refractivity contribution in [3.8, 4) is 0 Å². The largest absolute Gasteiger partial charge is 0.416 e. The summed E-state index contributed by atoms with van der Waals surface area (Å²) in [5.74, 6) is 0.224. The molecule has 0 aliphatic heterocycles. The van der Waals surface area contributed by atoms with Crippen molar-refractivity contribution in [1.82, 2.24) is 5.32 Å². The lowest BCUT2D eigenvalue weighted by molar-refractivity contribution is -0.137. The number of hydrogen-bond acceptors (Lipinski definition) is 1. The Morgan fingerprint density at radius 2 is 1.80 bits per heavy atom. The standard InChI is InChI=1S/C14H17ClF3NO/c1-9(2)7-12(8-15)19-13(20)10-3-5-11(6-4-10)14(16,17)18/h3-6,9,12H,7-8H2,1-2H3,(H,19,20). The van der Waals surface area contributed by atoms with Crippen molar-refractivity contribution in [2.24, 2.45) is 5.92 Å². The van der Waals surface area contributed by atoms with Crippen LogP contribution in [-0.4, -0.2) is 17.8 Å². The quantitative estimate of drug-likeness (QED) is 0.816. The Bertz CT molecular complexity index is 443. The van der Waals surface area contributed by atoms with Crippen LogP contribution >= 0.6 is 11.6 Å². The van der Waals surface area contributed by atoms with E-state index in [9.17, 15) is 18.0 Å². The predicted octanol–water partition coefficient (Wildman–Crippen LogP) is 4.09. The van der Waals surface area contributed by atoms with Crippen LogP contribution < -0.4 is 5.32 Å². The number of benzene rings is 1. The van der Waals surface area contributed by atoms with Gasteiger partial charge in [0.25, 0.3) is 5.91 Å². The summed E-state index contributed by atoms with van der Waals surface area (Å²) >= 11 is 5.76. The van der Waals surface area contributed by atoms with E-state index in [1.54, 1.807) is 0 Å². The molecule has 0 fully saturated rings. The lowest BCUT2D eigenvalue weighted by atomic mass is 10.0. The van der Waals surface area contributed by atoms with E-state index in [4.69, 9.17) is 11.6 Å². The van der Waals surface area contributed by atoms with Crippen LogP contribution in [0.4, 0.5) is 13.2 Å². The zero-order chi connectivity index (χ0) is 15.3. The summed E-state index contributed by atoms with van der Waals surface area (Å²) in [5.41, 5.74) is -0.581. The van der Waals surface area contributed by atoms with Gasteiger partial charge in [-0.05, 0) is 36.6 Å². The average Bonchev–Trinajstić information content (AvgIpc) is 2.36. The second kappa shape index (κ2) is 6.97. The first-order chi connectivity index (χ1) is 9.24. The van der Waals surface area contributed by atoms with Crippen LogP contribution in [-0.2, 0) is 6.18 Å². The summed E-state index contributed by atoms with van der Waals surface area (Å²) < 4.78 is 37.2. The molecule has 0 aliphatic rings. The van der Waals surface area contributed by atoms with Gasteiger partial charge < -0.3 is 5.32 Å². The van der Waals surface area contributed by atoms with Gasteiger partial charge in [-0.25, -0.2) is 0 Å². The number of carbonyl (C=O) groups excluding carboxylic acids is 1. The third kappa shape index (κ3) is 5.04. The fraction of sp³-hybridized carbons (Fsp3) is 0.500. The summed E-state index contributed by atoms with van der Waals surface area (Å²) in [6, 6.07) is 3.93. The van der Waals surface area contributed by atoms with E-state index in [1.165, 1.54) is 12.1 Å². The molecule has 2 nitrogen and oxygen atoms in total. The SMILES string of the molecule is CC(C)CC(CCl)NC(=O)c1ccc(C(F)(F)F)cc1. The zero-order valence-corrected chi connectivity index (χ0v) is 12.1. The van der Waals surface area contributed by atoms with E-state index in [1.807, 2.05) is 13.8 Å². The van der Waals surface area contributed by atoms with Crippen molar-refractivity contribution in [3.63, 3.8) is 0 Å². The highest BCUT2D eigenvalue weighted by molar-refractivity contribution is 6.18. The summed E-state index contributed by atoms with van der Waals surface area (Å²) in [6.45, 7) is 4.01. The Kier molecular flexibility index (Phi) is 5.87. The molecule has 6 heteroatoms. The smallest absolute Gasteiger partial charge is 0.348 e. The normalized spacial score (nSPS) is 13.3. The van der Waals surface area contributed by atoms with Crippen LogP contribution in [0, 0.1) is 5.92 Å². The van der Waals surface area contributed by atoms with Gasteiger partial charge in [0, 0.05) is 17.5 Å². The molecular weight excluding hydrogens is 291 g/mol. The van der Waals surface area contributed by atoms with E-state index in [2.05, 4.69) is 5.32 Å². The molecule has 0 aromatic heterocycles. The highest BCUT2D eigenvalue weighted by Gasteiger charge is 2.30. The van der Waals surface area contributed by atoms with Gasteiger partial charge in [-0.2, -0.15) is 13.2 Å². The van der Waals surface area contributed by atoms with E-state index in [-0.39, 0.29) is 17.5 Å². The maximum Gasteiger partial charge on any atom is 0.416 e. The van der Waals surface area contributed by atoms with Crippen molar-refractivity contribution < 1.29 is 18.0 Å². The molecule has 1 amide bonds. The molecule has 1 unspecified atom stereocenters. The minimum Gasteiger partial charge on any atom is -0.348 e. The van der Waals surface area contributed by atoms with Crippen LogP contribution in [0.15, 0.2) is 24.3 Å². The molecular formula is C14H17ClF3NO. The van der Waals surface area contributed by atoms with Crippen LogP contribution in [0.25, 0.3) is 0 Å². The first-order valence-electron chi connectivity index (χ1n) is 6.28. The highest BCUT2D eigenvalue weighted by atomic mass is 35.5. The Morgan fingerprint density at radius 3 is 2.20 bits per heavy atom. The van der Waals surface area contributed by atoms with Gasteiger partial charge in [-0.3, -0.25) is 4.79 Å². The number of halogens is 4. The van der Waals surface area contributed by atoms with Crippen LogP contribution in [0.1, 0.15) is 36.2 Å². The summed E-state index contributed by atoms with van der Waals surface area (Å²) in [6.07, 6.45) is -3.68. The fourth-order valence-corrected chi connectivity index (χ4v) is 2.01. The Morgan fingerprint density at radius 1 is 1.25 bits per heavy atom. The summed E-state index contributed by atoms with van der Waals surface area (Å²) in [5, 5.41) is 2.72. The number of alkyl halides is 4. The monoisotopic (exact) mass is 307 g/mol. The fourth-order valence-electron chi connectivity index (χ4n) is 1.81. The maximum atomic E-state index is 12.4. The molecule has 0 heterocycles. The van der Waals surface area contributed by atoms with Crippen LogP contribution in [0.2, 0.25) is 0 Å². The molecule has 1 rings (SSSR count). The molecule has 0 saturated heterocycles. The summed E-state index contributed by atoms with van der Waals surface area (Å²) in [7, 11) is 0. The number of nitrogens with one attached hydrogen (secondary N) is 1. The minimum absolute atomic E-state index is 0.188. The Balaban J connectivity index is 2.72. The van der Waals surface area contributed by atoms with Crippen molar-refractivity contribution in [3.05, 3.63) is 35.4 Å². The van der Waals surface area contributed by atoms with Gasteiger partial charge in [0.1, 0.15) is 0 Å². The minimum atomic E-state index is -4.40. The molecule has 20 heavy (non-hydrogen) atoms. The Hall–Kier alpha value is -1.23. The first-order valence-corrected chi connectivity index (χ1v) is 6.81. The van der Waals surface area contributed by atoms with E-state index < -0.39 is 17.6 Å². The first kappa shape index (κ1) is 16.8. The number of rotatable bonds is 5. The van der Waals surface area contributed by atoms with Crippen LogP contribution in [0.5, 0.6) is 0 Å². The van der Waals surface area contributed by atoms with Gasteiger partial charge in [0.05, 0.1) is 5.56 Å². The molecule has 1 aromatic carbocycles. The molecule has 1 atom stereocenters.